The van der Waals surface area contributed by atoms with Crippen molar-refractivity contribution in [3.05, 3.63) is 64.5 Å². The van der Waals surface area contributed by atoms with Gasteiger partial charge in [0.15, 0.2) is 17.5 Å². The van der Waals surface area contributed by atoms with Gasteiger partial charge in [-0.3, -0.25) is 0 Å². The summed E-state index contributed by atoms with van der Waals surface area (Å²) in [4.78, 5) is 0. The van der Waals surface area contributed by atoms with Crippen molar-refractivity contribution in [2.24, 2.45) is 11.8 Å². The lowest BCUT2D eigenvalue weighted by Gasteiger charge is -2.28. The van der Waals surface area contributed by atoms with E-state index in [0.717, 1.165) is 43.7 Å². The van der Waals surface area contributed by atoms with Gasteiger partial charge in [0.05, 0.1) is 0 Å². The average molecular weight is 491 g/mol. The van der Waals surface area contributed by atoms with Gasteiger partial charge in [0, 0.05) is 12.1 Å². The lowest BCUT2D eigenvalue weighted by molar-refractivity contribution is -0.189. The van der Waals surface area contributed by atoms with Gasteiger partial charge in [0.25, 0.3) is 0 Å². The number of unbranched alkanes of at least 4 members (excludes halogenated alkanes) is 2. The van der Waals surface area contributed by atoms with Crippen LogP contribution >= 0.6 is 0 Å². The smallest absolute Gasteiger partial charge is 0.429 e. The third kappa shape index (κ3) is 6.66. The summed E-state index contributed by atoms with van der Waals surface area (Å²) in [5.41, 5.74) is -1.42. The van der Waals surface area contributed by atoms with Gasteiger partial charge in [-0.1, -0.05) is 58.3 Å². The molecule has 0 atom stereocenters. The van der Waals surface area contributed by atoms with E-state index in [0.29, 0.717) is 18.8 Å². The summed E-state index contributed by atoms with van der Waals surface area (Å²) in [5, 5.41) is 0. The zero-order chi connectivity index (χ0) is 24.9. The minimum absolute atomic E-state index is 0.176. The first kappa shape index (κ1) is 26.4. The third-order valence-corrected chi connectivity index (χ3v) is 6.62. The molecule has 1 saturated carbocycles. The highest BCUT2D eigenvalue weighted by Gasteiger charge is 2.41. The van der Waals surface area contributed by atoms with Gasteiger partial charge in [-0.15, -0.1) is 0 Å². The zero-order valence-electron chi connectivity index (χ0n) is 19.1. The van der Waals surface area contributed by atoms with Crippen molar-refractivity contribution in [3.8, 4) is 5.75 Å². The Hall–Kier alpha value is -2.25. The summed E-state index contributed by atoms with van der Waals surface area (Å²) in [6, 6.07) is 2.01. The summed E-state index contributed by atoms with van der Waals surface area (Å²) in [6.45, 7) is 2.18. The van der Waals surface area contributed by atoms with Crippen molar-refractivity contribution in [2.75, 3.05) is 0 Å². The SMILES string of the molecule is CCCCCC1CCC(CCc2cc(F)c(C(F)(F)Oc3cc(F)c(F)c(F)c3)c(F)c2)CC1. The molecule has 0 bridgehead atoms. The Morgan fingerprint density at radius 2 is 1.29 bits per heavy atom. The second-order valence-electron chi connectivity index (χ2n) is 9.18. The molecule has 1 nitrogen and oxygen atoms in total. The summed E-state index contributed by atoms with van der Waals surface area (Å²) in [7, 11) is 0. The van der Waals surface area contributed by atoms with Crippen molar-refractivity contribution in [1.82, 2.24) is 0 Å². The number of halogens is 7. The Labute approximate surface area is 195 Å². The molecule has 8 heteroatoms. The molecule has 0 aromatic heterocycles. The van der Waals surface area contributed by atoms with E-state index in [2.05, 4.69) is 11.7 Å². The number of rotatable bonds is 10. The van der Waals surface area contributed by atoms with E-state index in [-0.39, 0.29) is 17.7 Å². The third-order valence-electron chi connectivity index (χ3n) is 6.62. The number of alkyl halides is 2. The summed E-state index contributed by atoms with van der Waals surface area (Å²) < 4.78 is 102. The van der Waals surface area contributed by atoms with Crippen LogP contribution in [0.2, 0.25) is 0 Å². The van der Waals surface area contributed by atoms with Gasteiger partial charge in [0.1, 0.15) is 22.9 Å². The number of ether oxygens (including phenoxy) is 1. The minimum atomic E-state index is -4.57. The van der Waals surface area contributed by atoms with E-state index in [4.69, 9.17) is 0 Å². The van der Waals surface area contributed by atoms with E-state index < -0.39 is 46.5 Å². The van der Waals surface area contributed by atoms with Crippen molar-refractivity contribution in [2.45, 2.75) is 77.2 Å². The minimum Gasteiger partial charge on any atom is -0.429 e. The molecule has 3 rings (SSSR count). The van der Waals surface area contributed by atoms with E-state index in [1.807, 2.05) is 0 Å². The fraction of sp³-hybridized carbons (Fsp3) is 0.538. The molecule has 0 amide bonds. The summed E-state index contributed by atoms with van der Waals surface area (Å²) >= 11 is 0. The number of hydrogen-bond acceptors (Lipinski definition) is 1. The van der Waals surface area contributed by atoms with Crippen LogP contribution in [-0.4, -0.2) is 0 Å². The van der Waals surface area contributed by atoms with E-state index in [1.165, 1.54) is 25.7 Å². The molecular formula is C26H29F7O. The van der Waals surface area contributed by atoms with Crippen LogP contribution in [0.3, 0.4) is 0 Å². The maximum Gasteiger partial charge on any atom is 0.432 e. The lowest BCUT2D eigenvalue weighted by Crippen LogP contribution is -2.25. The van der Waals surface area contributed by atoms with Gasteiger partial charge in [0.2, 0.25) is 0 Å². The lowest BCUT2D eigenvalue weighted by atomic mass is 9.78. The van der Waals surface area contributed by atoms with Gasteiger partial charge < -0.3 is 4.74 Å². The van der Waals surface area contributed by atoms with Crippen LogP contribution in [0.5, 0.6) is 5.75 Å². The maximum absolute atomic E-state index is 14.5. The topological polar surface area (TPSA) is 9.23 Å². The molecule has 2 aromatic rings. The van der Waals surface area contributed by atoms with Crippen LogP contribution in [0, 0.1) is 40.9 Å². The highest BCUT2D eigenvalue weighted by atomic mass is 19.3. The molecule has 0 heterocycles. The van der Waals surface area contributed by atoms with Gasteiger partial charge >= 0.3 is 6.11 Å². The molecule has 0 spiro atoms. The highest BCUT2D eigenvalue weighted by Crippen LogP contribution is 2.37. The first-order valence-corrected chi connectivity index (χ1v) is 11.8. The molecule has 34 heavy (non-hydrogen) atoms. The molecule has 0 aliphatic heterocycles. The molecule has 0 saturated heterocycles. The number of hydrogen-bond donors (Lipinski definition) is 0. The van der Waals surface area contributed by atoms with Gasteiger partial charge in [-0.25, -0.2) is 22.0 Å². The molecular weight excluding hydrogens is 461 g/mol. The Kier molecular flexibility index (Phi) is 8.88. The summed E-state index contributed by atoms with van der Waals surface area (Å²) in [6.07, 6.45) is 5.81. The normalized spacial score (nSPS) is 18.8. The largest absolute Gasteiger partial charge is 0.432 e. The average Bonchev–Trinajstić information content (AvgIpc) is 2.76. The monoisotopic (exact) mass is 490 g/mol. The fourth-order valence-electron chi connectivity index (χ4n) is 4.70. The Bertz CT molecular complexity index is 922. The van der Waals surface area contributed by atoms with Crippen molar-refractivity contribution in [3.63, 3.8) is 0 Å². The van der Waals surface area contributed by atoms with Gasteiger partial charge in [-0.05, 0) is 42.4 Å². The van der Waals surface area contributed by atoms with Crippen LogP contribution < -0.4 is 4.74 Å². The Morgan fingerprint density at radius 3 is 1.82 bits per heavy atom. The predicted octanol–water partition coefficient (Wildman–Crippen LogP) is 8.83. The second-order valence-corrected chi connectivity index (χ2v) is 9.18. The molecule has 2 aromatic carbocycles. The van der Waals surface area contributed by atoms with Crippen molar-refractivity contribution < 1.29 is 35.5 Å². The van der Waals surface area contributed by atoms with Gasteiger partial charge in [-0.2, -0.15) is 8.78 Å². The highest BCUT2D eigenvalue weighted by molar-refractivity contribution is 5.31. The second kappa shape index (κ2) is 11.5. The standard InChI is InChI=1S/C26H29F7O/c1-2-3-4-5-16-6-8-17(9-7-16)10-11-18-12-20(27)24(21(28)13-18)26(32,33)34-19-14-22(29)25(31)23(30)15-19/h12-17H,2-11H2,1H3. The van der Waals surface area contributed by atoms with E-state index in [1.54, 1.807) is 0 Å². The van der Waals surface area contributed by atoms with Crippen LogP contribution in [0.1, 0.15) is 75.8 Å². The molecule has 0 N–H and O–H groups in total. The molecule has 1 aliphatic rings. The number of aryl methyl sites for hydroxylation is 1. The van der Waals surface area contributed by atoms with Crippen LogP contribution in [0.15, 0.2) is 24.3 Å². The first-order valence-electron chi connectivity index (χ1n) is 11.8. The summed E-state index contributed by atoms with van der Waals surface area (Å²) in [5.74, 6) is -8.39. The first-order chi connectivity index (χ1) is 16.1. The number of benzene rings is 2. The van der Waals surface area contributed by atoms with E-state index >= 15 is 0 Å². The van der Waals surface area contributed by atoms with Crippen molar-refractivity contribution in [1.29, 1.82) is 0 Å². The molecule has 188 valence electrons. The molecule has 1 fully saturated rings. The Morgan fingerprint density at radius 1 is 0.765 bits per heavy atom. The van der Waals surface area contributed by atoms with E-state index in [9.17, 15) is 30.7 Å². The zero-order valence-corrected chi connectivity index (χ0v) is 19.1. The van der Waals surface area contributed by atoms with Crippen LogP contribution in [-0.2, 0) is 12.5 Å². The van der Waals surface area contributed by atoms with Crippen LogP contribution in [0.25, 0.3) is 0 Å². The maximum atomic E-state index is 14.5. The molecule has 1 aliphatic carbocycles. The predicted molar refractivity (Wildman–Crippen MR) is 115 cm³/mol. The molecule has 0 radical (unpaired) electrons. The quantitative estimate of drug-likeness (QED) is 0.184. The Balaban J connectivity index is 1.61. The van der Waals surface area contributed by atoms with Crippen molar-refractivity contribution >= 4 is 0 Å². The molecule has 0 unspecified atom stereocenters. The van der Waals surface area contributed by atoms with Crippen LogP contribution in [0.4, 0.5) is 30.7 Å². The fourth-order valence-corrected chi connectivity index (χ4v) is 4.70.